The summed E-state index contributed by atoms with van der Waals surface area (Å²) < 4.78 is 12.3. The van der Waals surface area contributed by atoms with Gasteiger partial charge in [0.25, 0.3) is 0 Å². The van der Waals surface area contributed by atoms with Gasteiger partial charge in [0.2, 0.25) is 5.95 Å². The molecule has 0 spiro atoms. The lowest BCUT2D eigenvalue weighted by molar-refractivity contribution is -0.108. The van der Waals surface area contributed by atoms with Crippen molar-refractivity contribution in [3.05, 3.63) is 12.4 Å². The van der Waals surface area contributed by atoms with Crippen LogP contribution in [0, 0.1) is 0 Å². The maximum absolute atomic E-state index is 12.3. The molecule has 1 aliphatic rings. The summed E-state index contributed by atoms with van der Waals surface area (Å²) in [7, 11) is 0. The largest absolute Gasteiger partial charge is 0.395 e. The van der Waals surface area contributed by atoms with Crippen molar-refractivity contribution in [1.29, 1.82) is 0 Å². The van der Waals surface area contributed by atoms with Crippen molar-refractivity contribution in [2.75, 3.05) is 24.6 Å². The van der Waals surface area contributed by atoms with E-state index < -0.39 is 0 Å². The van der Waals surface area contributed by atoms with E-state index in [1.165, 1.54) is 12.4 Å². The lowest BCUT2D eigenvalue weighted by Crippen LogP contribution is -2.35. The van der Waals surface area contributed by atoms with Crippen molar-refractivity contribution in [2.45, 2.75) is 24.2 Å². The first-order chi connectivity index (χ1) is 9.83. The number of carbonyl (C=O) groups excluding carboxylic acids is 1. The zero-order valence-corrected chi connectivity index (χ0v) is 11.7. The molecule has 0 unspecified atom stereocenters. The molecule has 20 heavy (non-hydrogen) atoms. The highest BCUT2D eigenvalue weighted by atomic mass is 32.2. The average Bonchev–Trinajstić information content (AvgIpc) is 2.52. The van der Waals surface area contributed by atoms with Crippen molar-refractivity contribution in [2.24, 2.45) is 5.16 Å². The molecule has 0 N–H and O–H groups in total. The fourth-order valence-corrected chi connectivity index (χ4v) is 1.99. The summed E-state index contributed by atoms with van der Waals surface area (Å²) in [6.45, 7) is 1.82. The van der Waals surface area contributed by atoms with E-state index >= 15 is 0 Å². The molecule has 2 heterocycles. The lowest BCUT2D eigenvalue weighted by atomic mass is 10.1. The molecule has 0 aromatic carbocycles. The van der Waals surface area contributed by atoms with Crippen LogP contribution in [-0.4, -0.2) is 41.7 Å². The van der Waals surface area contributed by atoms with E-state index in [4.69, 9.17) is 4.84 Å². The Kier molecular flexibility index (Phi) is 5.72. The van der Waals surface area contributed by atoms with Crippen LogP contribution in [0.2, 0.25) is 0 Å². The van der Waals surface area contributed by atoms with Gasteiger partial charge in [-0.1, -0.05) is 5.16 Å². The van der Waals surface area contributed by atoms with Crippen molar-refractivity contribution < 1.29 is 13.5 Å². The van der Waals surface area contributed by atoms with Crippen LogP contribution in [0.15, 0.2) is 22.4 Å². The van der Waals surface area contributed by atoms with Gasteiger partial charge in [-0.15, -0.1) is 0 Å². The first kappa shape index (κ1) is 14.7. The molecule has 8 heteroatoms. The van der Waals surface area contributed by atoms with E-state index in [1.807, 2.05) is 4.90 Å². The Morgan fingerprint density at radius 2 is 2.10 bits per heavy atom. The third-order valence-corrected chi connectivity index (χ3v) is 3.24. The topological polar surface area (TPSA) is 67.7 Å². The molecule has 1 aliphatic heterocycles. The molecule has 1 saturated heterocycles. The Bertz CT molecular complexity index is 459. The summed E-state index contributed by atoms with van der Waals surface area (Å²) in [4.78, 5) is 25.9. The minimum atomic E-state index is 0.134. The van der Waals surface area contributed by atoms with Crippen LogP contribution in [0.1, 0.15) is 19.3 Å². The van der Waals surface area contributed by atoms with Gasteiger partial charge < -0.3 is 14.5 Å². The number of hydrogen-bond donors (Lipinski definition) is 0. The Labute approximate surface area is 120 Å². The number of aromatic nitrogens is 2. The van der Waals surface area contributed by atoms with Gasteiger partial charge in [-0.3, -0.25) is 0 Å². The molecule has 6 nitrogen and oxygen atoms in total. The van der Waals surface area contributed by atoms with Crippen molar-refractivity contribution >= 4 is 30.1 Å². The van der Waals surface area contributed by atoms with Crippen molar-refractivity contribution in [1.82, 2.24) is 9.97 Å². The van der Waals surface area contributed by atoms with E-state index in [2.05, 4.69) is 15.1 Å². The summed E-state index contributed by atoms with van der Waals surface area (Å²) in [6, 6.07) is 0. The molecule has 1 aromatic heterocycles. The highest BCUT2D eigenvalue weighted by molar-refractivity contribution is 7.94. The lowest BCUT2D eigenvalue weighted by Gasteiger charge is -2.27. The molecule has 0 bridgehead atoms. The fourth-order valence-electron chi connectivity index (χ4n) is 1.81. The molecule has 0 saturated carbocycles. The van der Waals surface area contributed by atoms with Gasteiger partial charge in [0.1, 0.15) is 12.9 Å². The molecular weight excluding hydrogens is 283 g/mol. The van der Waals surface area contributed by atoms with Crippen molar-refractivity contribution in [3.63, 3.8) is 0 Å². The molecule has 0 atom stereocenters. The highest BCUT2D eigenvalue weighted by Gasteiger charge is 2.17. The fraction of sp³-hybridized carbons (Fsp3) is 0.500. The Morgan fingerprint density at radius 1 is 1.40 bits per heavy atom. The van der Waals surface area contributed by atoms with Gasteiger partial charge >= 0.3 is 0 Å². The zero-order chi connectivity index (χ0) is 14.2. The maximum Gasteiger partial charge on any atom is 0.225 e. The predicted octanol–water partition coefficient (Wildman–Crippen LogP) is 2.02. The monoisotopic (exact) mass is 298 g/mol. The summed E-state index contributed by atoms with van der Waals surface area (Å²) >= 11 is 0.134. The second-order valence-electron chi connectivity index (χ2n) is 4.23. The molecule has 2 rings (SSSR count). The number of halogens is 1. The predicted molar refractivity (Wildman–Crippen MR) is 74.5 cm³/mol. The molecule has 108 valence electrons. The molecule has 0 radical (unpaired) electrons. The smallest absolute Gasteiger partial charge is 0.225 e. The normalized spacial score (nSPS) is 15.1. The molecule has 1 aromatic rings. The second kappa shape index (κ2) is 7.78. The Balaban J connectivity index is 1.82. The van der Waals surface area contributed by atoms with E-state index in [0.717, 1.165) is 37.9 Å². The van der Waals surface area contributed by atoms with Crippen LogP contribution < -0.4 is 4.90 Å². The number of oxime groups is 1. The Hall–Kier alpha value is -1.70. The van der Waals surface area contributed by atoms with Crippen LogP contribution in [-0.2, 0) is 9.63 Å². The van der Waals surface area contributed by atoms with Crippen LogP contribution in [0.5, 0.6) is 0 Å². The van der Waals surface area contributed by atoms with Gasteiger partial charge in [-0.2, -0.15) is 3.89 Å². The molecule has 0 aliphatic carbocycles. The third kappa shape index (κ3) is 4.16. The SMILES string of the molecule is O=CCCON=C1CCN(c2ncc(SF)cn2)CC1. The van der Waals surface area contributed by atoms with Crippen molar-refractivity contribution in [3.8, 4) is 0 Å². The third-order valence-electron chi connectivity index (χ3n) is 2.85. The van der Waals surface area contributed by atoms with E-state index in [-0.39, 0.29) is 12.1 Å². The Morgan fingerprint density at radius 3 is 2.70 bits per heavy atom. The molecule has 1 fully saturated rings. The first-order valence-corrected chi connectivity index (χ1v) is 7.02. The van der Waals surface area contributed by atoms with Gasteiger partial charge in [-0.25, -0.2) is 9.97 Å². The van der Waals surface area contributed by atoms with Crippen LogP contribution >= 0.6 is 12.1 Å². The minimum absolute atomic E-state index is 0.134. The number of carbonyl (C=O) groups is 1. The van der Waals surface area contributed by atoms with Gasteiger partial charge in [0, 0.05) is 44.7 Å². The average molecular weight is 298 g/mol. The zero-order valence-electron chi connectivity index (χ0n) is 10.9. The molecule has 0 amide bonds. The summed E-state index contributed by atoms with van der Waals surface area (Å²) in [6.07, 6.45) is 5.64. The number of rotatable bonds is 6. The summed E-state index contributed by atoms with van der Waals surface area (Å²) in [5.41, 5.74) is 0.975. The maximum atomic E-state index is 12.3. The first-order valence-electron chi connectivity index (χ1n) is 6.30. The minimum Gasteiger partial charge on any atom is -0.395 e. The van der Waals surface area contributed by atoms with Gasteiger partial charge in [0.15, 0.2) is 0 Å². The quantitative estimate of drug-likeness (QED) is 0.455. The van der Waals surface area contributed by atoms with E-state index in [0.29, 0.717) is 23.9 Å². The van der Waals surface area contributed by atoms with Gasteiger partial charge in [-0.05, 0) is 0 Å². The standard InChI is InChI=1S/C12H15FN4O2S/c13-20-11-8-14-12(15-9-11)17-4-2-10(3-5-17)16-19-7-1-6-18/h6,8-9H,1-5,7H2. The number of anilines is 1. The highest BCUT2D eigenvalue weighted by Crippen LogP contribution is 2.19. The summed E-state index contributed by atoms with van der Waals surface area (Å²) in [5, 5.41) is 4.01. The number of nitrogens with zero attached hydrogens (tertiary/aromatic N) is 4. The van der Waals surface area contributed by atoms with Crippen LogP contribution in [0.25, 0.3) is 0 Å². The number of piperidine rings is 1. The number of hydrogen-bond acceptors (Lipinski definition) is 7. The molecular formula is C12H15FN4O2S. The van der Waals surface area contributed by atoms with Crippen LogP contribution in [0.4, 0.5) is 9.83 Å². The summed E-state index contributed by atoms with van der Waals surface area (Å²) in [5.74, 6) is 0.601. The number of aldehydes is 1. The second-order valence-corrected chi connectivity index (χ2v) is 4.85. The van der Waals surface area contributed by atoms with E-state index in [1.54, 1.807) is 0 Å². The van der Waals surface area contributed by atoms with E-state index in [9.17, 15) is 8.68 Å². The van der Waals surface area contributed by atoms with Crippen LogP contribution in [0.3, 0.4) is 0 Å². The van der Waals surface area contributed by atoms with Gasteiger partial charge in [0.05, 0.1) is 22.8 Å².